The molecule has 3 rings (SSSR count). The molecule has 1 aliphatic rings. The molecule has 2 aromatic rings. The van der Waals surface area contributed by atoms with E-state index in [1.54, 1.807) is 18.3 Å². The number of piperazine rings is 1. The highest BCUT2D eigenvalue weighted by atomic mass is 16.1. The first-order valence-corrected chi connectivity index (χ1v) is 8.87. The van der Waals surface area contributed by atoms with Gasteiger partial charge in [-0.15, -0.1) is 0 Å². The Kier molecular flexibility index (Phi) is 5.23. The molecule has 0 radical (unpaired) electrons. The van der Waals surface area contributed by atoms with Crippen molar-refractivity contribution in [3.8, 4) is 6.07 Å². The number of hydrogen-bond acceptors (Lipinski definition) is 6. The fraction of sp³-hybridized carbons (Fsp3) is 0.368. The Bertz CT molecular complexity index is 1010. The molecular weight excluding hydrogens is 344 g/mol. The lowest BCUT2D eigenvalue weighted by atomic mass is 10.1. The Morgan fingerprint density at radius 2 is 2.07 bits per heavy atom. The maximum Gasteiger partial charge on any atom is 0.267 e. The minimum absolute atomic E-state index is 0.207. The number of likely N-dealkylation sites (N-methyl/N-ethyl adjacent to an activating group) is 1. The van der Waals surface area contributed by atoms with Crippen LogP contribution in [0.1, 0.15) is 18.1 Å². The van der Waals surface area contributed by atoms with E-state index in [0.29, 0.717) is 24.6 Å². The van der Waals surface area contributed by atoms with Gasteiger partial charge >= 0.3 is 0 Å². The number of aryl methyl sites for hydroxylation is 1. The van der Waals surface area contributed by atoms with E-state index in [0.717, 1.165) is 25.2 Å². The molecule has 0 aliphatic carbocycles. The second kappa shape index (κ2) is 7.60. The second-order valence-electron chi connectivity index (χ2n) is 6.49. The number of anilines is 1. The highest BCUT2D eigenvalue weighted by Gasteiger charge is 2.23. The Labute approximate surface area is 157 Å². The summed E-state index contributed by atoms with van der Waals surface area (Å²) in [5.74, 6) is -0.382. The minimum atomic E-state index is -0.868. The molecule has 0 spiro atoms. The van der Waals surface area contributed by atoms with Crippen molar-refractivity contribution in [2.45, 2.75) is 13.8 Å². The van der Waals surface area contributed by atoms with Crippen LogP contribution in [0.5, 0.6) is 0 Å². The van der Waals surface area contributed by atoms with Crippen LogP contribution in [0, 0.1) is 18.3 Å². The molecule has 0 bridgehead atoms. The van der Waals surface area contributed by atoms with Crippen LogP contribution >= 0.6 is 0 Å². The zero-order valence-electron chi connectivity index (χ0n) is 15.5. The molecule has 140 valence electrons. The summed E-state index contributed by atoms with van der Waals surface area (Å²) >= 11 is 0. The average Bonchev–Trinajstić information content (AvgIpc) is 2.67. The molecule has 8 heteroatoms. The highest BCUT2D eigenvalue weighted by Crippen LogP contribution is 2.21. The number of rotatable bonds is 4. The van der Waals surface area contributed by atoms with Gasteiger partial charge in [0.15, 0.2) is 0 Å². The van der Waals surface area contributed by atoms with Crippen LogP contribution in [0.2, 0.25) is 0 Å². The molecule has 0 saturated carbocycles. The first-order valence-electron chi connectivity index (χ1n) is 8.87. The molecule has 3 heterocycles. The predicted molar refractivity (Wildman–Crippen MR) is 103 cm³/mol. The number of carbonyl (C=O) groups is 1. The van der Waals surface area contributed by atoms with E-state index in [2.05, 4.69) is 11.8 Å². The van der Waals surface area contributed by atoms with Crippen molar-refractivity contribution in [1.82, 2.24) is 14.3 Å². The maximum absolute atomic E-state index is 13.1. The summed E-state index contributed by atoms with van der Waals surface area (Å²) in [7, 11) is 0. The smallest absolute Gasteiger partial charge is 0.267 e. The summed E-state index contributed by atoms with van der Waals surface area (Å²) in [4.78, 5) is 33.7. The number of carbonyl (C=O) groups excluding carboxylic acids is 1. The van der Waals surface area contributed by atoms with Crippen LogP contribution in [0.3, 0.4) is 0 Å². The van der Waals surface area contributed by atoms with Crippen molar-refractivity contribution in [2.75, 3.05) is 37.6 Å². The third kappa shape index (κ3) is 3.55. The number of pyridine rings is 1. The molecule has 0 aromatic carbocycles. The van der Waals surface area contributed by atoms with Gasteiger partial charge in [0.2, 0.25) is 0 Å². The fourth-order valence-electron chi connectivity index (χ4n) is 3.25. The summed E-state index contributed by atoms with van der Waals surface area (Å²) < 4.78 is 1.43. The molecule has 8 nitrogen and oxygen atoms in total. The van der Waals surface area contributed by atoms with Crippen molar-refractivity contribution in [3.63, 3.8) is 0 Å². The van der Waals surface area contributed by atoms with E-state index in [-0.39, 0.29) is 16.7 Å². The average molecular weight is 366 g/mol. The van der Waals surface area contributed by atoms with Gasteiger partial charge in [-0.3, -0.25) is 14.0 Å². The van der Waals surface area contributed by atoms with Crippen LogP contribution in [0.4, 0.5) is 5.82 Å². The lowest BCUT2D eigenvalue weighted by Crippen LogP contribution is -2.47. The highest BCUT2D eigenvalue weighted by molar-refractivity contribution is 6.01. The Morgan fingerprint density at radius 3 is 2.67 bits per heavy atom. The van der Waals surface area contributed by atoms with Gasteiger partial charge in [0, 0.05) is 32.4 Å². The molecular formula is C19H22N6O2. The van der Waals surface area contributed by atoms with Gasteiger partial charge in [-0.2, -0.15) is 5.26 Å². The number of aromatic nitrogens is 2. The minimum Gasteiger partial charge on any atom is -0.365 e. The first-order chi connectivity index (χ1) is 13.0. The van der Waals surface area contributed by atoms with Crippen LogP contribution < -0.4 is 16.2 Å². The topological polar surface area (TPSA) is 108 Å². The third-order valence-electron chi connectivity index (χ3n) is 4.86. The standard InChI is InChI=1S/C19H22N6O2/c1-3-23-7-9-24(10-8-23)18-15(11-14(12-20)16(21)26)19(27)25-6-4-5-13(2)17(25)22-18/h4-6,11H,3,7-10H2,1-2H3,(H2,21,26)/b14-11-. The monoisotopic (exact) mass is 366 g/mol. The van der Waals surface area contributed by atoms with Crippen LogP contribution in [0.15, 0.2) is 28.7 Å². The number of nitrogens with zero attached hydrogens (tertiary/aromatic N) is 5. The lowest BCUT2D eigenvalue weighted by molar-refractivity contribution is -0.114. The quantitative estimate of drug-likeness (QED) is 0.625. The summed E-state index contributed by atoms with van der Waals surface area (Å²) in [5, 5.41) is 9.21. The molecule has 1 saturated heterocycles. The zero-order chi connectivity index (χ0) is 19.6. The molecule has 0 atom stereocenters. The van der Waals surface area contributed by atoms with E-state index in [1.165, 1.54) is 10.5 Å². The first kappa shape index (κ1) is 18.6. The van der Waals surface area contributed by atoms with Gasteiger partial charge in [0.05, 0.1) is 5.56 Å². The molecule has 0 unspecified atom stereocenters. The van der Waals surface area contributed by atoms with E-state index < -0.39 is 5.91 Å². The van der Waals surface area contributed by atoms with E-state index >= 15 is 0 Å². The van der Waals surface area contributed by atoms with Gasteiger partial charge < -0.3 is 15.5 Å². The molecule has 2 N–H and O–H groups in total. The number of nitrogens with two attached hydrogens (primary N) is 1. The maximum atomic E-state index is 13.1. The van der Waals surface area contributed by atoms with Crippen molar-refractivity contribution in [3.05, 3.63) is 45.4 Å². The molecule has 2 aromatic heterocycles. The fourth-order valence-corrected chi connectivity index (χ4v) is 3.25. The zero-order valence-corrected chi connectivity index (χ0v) is 15.5. The summed E-state index contributed by atoms with van der Waals surface area (Å²) in [6, 6.07) is 5.42. The number of amides is 1. The third-order valence-corrected chi connectivity index (χ3v) is 4.86. The van der Waals surface area contributed by atoms with E-state index in [9.17, 15) is 14.9 Å². The Hall–Kier alpha value is -3.18. The van der Waals surface area contributed by atoms with Gasteiger partial charge in [-0.25, -0.2) is 4.98 Å². The summed E-state index contributed by atoms with van der Waals surface area (Å²) in [6.45, 7) is 8.10. The molecule has 1 aliphatic heterocycles. The molecule has 1 fully saturated rings. The number of hydrogen-bond donors (Lipinski definition) is 1. The van der Waals surface area contributed by atoms with Gasteiger partial charge in [0.25, 0.3) is 11.5 Å². The largest absolute Gasteiger partial charge is 0.365 e. The van der Waals surface area contributed by atoms with Gasteiger partial charge in [-0.1, -0.05) is 13.0 Å². The van der Waals surface area contributed by atoms with E-state index in [4.69, 9.17) is 10.7 Å². The van der Waals surface area contributed by atoms with Crippen LogP contribution in [-0.2, 0) is 4.79 Å². The normalized spacial score (nSPS) is 15.7. The Morgan fingerprint density at radius 1 is 1.37 bits per heavy atom. The molecule has 27 heavy (non-hydrogen) atoms. The SMILES string of the molecule is CCN1CCN(c2nc3c(C)cccn3c(=O)c2/C=C(/C#N)C(N)=O)CC1. The Balaban J connectivity index is 2.22. The number of nitriles is 1. The second-order valence-corrected chi connectivity index (χ2v) is 6.49. The number of fused-ring (bicyclic) bond motifs is 1. The predicted octanol–water partition coefficient (Wildman–Crippen LogP) is 0.537. The van der Waals surface area contributed by atoms with E-state index in [1.807, 2.05) is 17.9 Å². The van der Waals surface area contributed by atoms with Crippen LogP contribution in [0.25, 0.3) is 11.7 Å². The number of primary amides is 1. The lowest BCUT2D eigenvalue weighted by Gasteiger charge is -2.35. The van der Waals surface area contributed by atoms with Crippen LogP contribution in [-0.4, -0.2) is 52.9 Å². The van der Waals surface area contributed by atoms with Crippen molar-refractivity contribution in [1.29, 1.82) is 5.26 Å². The van der Waals surface area contributed by atoms with Crippen molar-refractivity contribution >= 4 is 23.4 Å². The van der Waals surface area contributed by atoms with Gasteiger partial charge in [0.1, 0.15) is 23.1 Å². The molecule has 1 amide bonds. The summed E-state index contributed by atoms with van der Waals surface area (Å²) in [5.41, 5.74) is 6.31. The van der Waals surface area contributed by atoms with Gasteiger partial charge in [-0.05, 0) is 31.2 Å². The van der Waals surface area contributed by atoms with Crippen molar-refractivity contribution < 1.29 is 4.79 Å². The summed E-state index contributed by atoms with van der Waals surface area (Å²) in [6.07, 6.45) is 2.89. The van der Waals surface area contributed by atoms with Crippen molar-refractivity contribution in [2.24, 2.45) is 5.73 Å².